The molecule has 20 heavy (non-hydrogen) atoms. The second-order valence-electron chi connectivity index (χ2n) is 5.82. The van der Waals surface area contributed by atoms with E-state index in [0.29, 0.717) is 0 Å². The second-order valence-corrected chi connectivity index (χ2v) is 7.40. The van der Waals surface area contributed by atoms with E-state index in [1.54, 1.807) is 11.3 Å². The Labute approximate surface area is 129 Å². The van der Waals surface area contributed by atoms with E-state index >= 15 is 0 Å². The second kappa shape index (κ2) is 6.66. The van der Waals surface area contributed by atoms with Crippen LogP contribution in [0.1, 0.15) is 36.3 Å². The maximum absolute atomic E-state index is 5.88. The van der Waals surface area contributed by atoms with Crippen molar-refractivity contribution in [3.05, 3.63) is 44.9 Å². The number of hydrogen-bond donors (Lipinski definition) is 1. The lowest BCUT2D eigenvalue weighted by molar-refractivity contribution is 0.429. The quantitative estimate of drug-likeness (QED) is 0.915. The van der Waals surface area contributed by atoms with Crippen LogP contribution in [0.5, 0.6) is 0 Å². The molecule has 1 heterocycles. The molecule has 0 saturated carbocycles. The highest BCUT2D eigenvalue weighted by molar-refractivity contribution is 7.11. The van der Waals surface area contributed by atoms with Gasteiger partial charge >= 0.3 is 0 Å². The zero-order chi connectivity index (χ0) is 14.6. The van der Waals surface area contributed by atoms with Gasteiger partial charge in [0.2, 0.25) is 0 Å². The van der Waals surface area contributed by atoms with Gasteiger partial charge in [0.25, 0.3) is 0 Å². The predicted octanol–water partition coefficient (Wildman–Crippen LogP) is 3.71. The zero-order valence-corrected chi connectivity index (χ0v) is 13.7. The molecule has 0 aliphatic heterocycles. The summed E-state index contributed by atoms with van der Waals surface area (Å²) < 4.78 is 0. The molecule has 2 aromatic rings. The topological polar surface area (TPSA) is 37.8 Å². The first kappa shape index (κ1) is 15.4. The lowest BCUT2D eigenvalue weighted by Crippen LogP contribution is -2.37. The monoisotopic (exact) mass is 309 g/mol. The molecular formula is C15H20ClN3S. The van der Waals surface area contributed by atoms with Crippen molar-refractivity contribution in [3.63, 3.8) is 0 Å². The normalized spacial score (nSPS) is 11.8. The lowest BCUT2D eigenvalue weighted by Gasteiger charge is -2.19. The number of nitrogens with one attached hydrogen (secondary N) is 1. The van der Waals surface area contributed by atoms with Gasteiger partial charge in [0.05, 0.1) is 0 Å². The van der Waals surface area contributed by atoms with Crippen LogP contribution in [-0.4, -0.2) is 22.3 Å². The van der Waals surface area contributed by atoms with Gasteiger partial charge in [-0.25, -0.2) is 0 Å². The van der Waals surface area contributed by atoms with E-state index in [1.807, 2.05) is 24.3 Å². The molecule has 0 aliphatic carbocycles. The van der Waals surface area contributed by atoms with Gasteiger partial charge < -0.3 is 5.32 Å². The summed E-state index contributed by atoms with van der Waals surface area (Å²) in [7, 11) is 0. The summed E-state index contributed by atoms with van der Waals surface area (Å²) in [5, 5.41) is 14.9. The summed E-state index contributed by atoms with van der Waals surface area (Å²) >= 11 is 7.57. The van der Waals surface area contributed by atoms with Crippen LogP contribution in [0.4, 0.5) is 0 Å². The van der Waals surface area contributed by atoms with E-state index in [1.165, 1.54) is 5.56 Å². The van der Waals surface area contributed by atoms with Crippen LogP contribution in [0.3, 0.4) is 0 Å². The van der Waals surface area contributed by atoms with Gasteiger partial charge in [0.15, 0.2) is 0 Å². The minimum absolute atomic E-state index is 0.150. The maximum atomic E-state index is 5.88. The van der Waals surface area contributed by atoms with Crippen LogP contribution in [-0.2, 0) is 12.8 Å². The number of nitrogens with zero attached hydrogens (tertiary/aromatic N) is 2. The van der Waals surface area contributed by atoms with E-state index in [-0.39, 0.29) is 5.54 Å². The Balaban J connectivity index is 1.87. The van der Waals surface area contributed by atoms with Gasteiger partial charge in [-0.3, -0.25) is 0 Å². The van der Waals surface area contributed by atoms with Crippen LogP contribution in [0.25, 0.3) is 0 Å². The molecule has 0 amide bonds. The minimum atomic E-state index is 0.150. The van der Waals surface area contributed by atoms with Crippen molar-refractivity contribution in [2.45, 2.75) is 39.2 Å². The zero-order valence-electron chi connectivity index (χ0n) is 12.1. The number of hydrogen-bond acceptors (Lipinski definition) is 4. The molecule has 0 atom stereocenters. The fourth-order valence-electron chi connectivity index (χ4n) is 1.78. The average Bonchev–Trinajstić information content (AvgIpc) is 2.78. The van der Waals surface area contributed by atoms with Crippen LogP contribution < -0.4 is 5.32 Å². The highest BCUT2D eigenvalue weighted by Gasteiger charge is 2.10. The molecule has 1 aromatic carbocycles. The van der Waals surface area contributed by atoms with Gasteiger partial charge in [0, 0.05) is 29.9 Å². The highest BCUT2D eigenvalue weighted by atomic mass is 35.5. The molecule has 0 fully saturated rings. The van der Waals surface area contributed by atoms with Gasteiger partial charge in [0.1, 0.15) is 10.0 Å². The summed E-state index contributed by atoms with van der Waals surface area (Å²) in [6, 6.07) is 7.88. The van der Waals surface area contributed by atoms with Gasteiger partial charge in [-0.05, 0) is 38.5 Å². The van der Waals surface area contributed by atoms with Gasteiger partial charge in [-0.15, -0.1) is 21.5 Å². The molecule has 2 rings (SSSR count). The standard InChI is InChI=1S/C15H20ClN3S/c1-15(2,3)17-9-8-13-18-19-14(20-13)10-11-4-6-12(16)7-5-11/h4-7,17H,8-10H2,1-3H3. The Morgan fingerprint density at radius 3 is 2.40 bits per heavy atom. The molecule has 0 aliphatic rings. The third-order valence-electron chi connectivity index (χ3n) is 2.77. The van der Waals surface area contributed by atoms with Crippen LogP contribution in [0.2, 0.25) is 5.02 Å². The Hall–Kier alpha value is -0.970. The summed E-state index contributed by atoms with van der Waals surface area (Å²) in [6.07, 6.45) is 1.75. The fraction of sp³-hybridized carbons (Fsp3) is 0.467. The molecule has 3 nitrogen and oxygen atoms in total. The molecule has 5 heteroatoms. The molecule has 0 unspecified atom stereocenters. The number of aromatic nitrogens is 2. The van der Waals surface area contributed by atoms with Crippen molar-refractivity contribution in [3.8, 4) is 0 Å². The highest BCUT2D eigenvalue weighted by Crippen LogP contribution is 2.17. The van der Waals surface area contributed by atoms with Crippen molar-refractivity contribution in [1.82, 2.24) is 15.5 Å². The van der Waals surface area contributed by atoms with E-state index in [0.717, 1.165) is 34.4 Å². The first-order valence-corrected chi connectivity index (χ1v) is 7.92. The van der Waals surface area contributed by atoms with Crippen molar-refractivity contribution >= 4 is 22.9 Å². The Morgan fingerprint density at radius 2 is 1.75 bits per heavy atom. The number of rotatable bonds is 5. The maximum Gasteiger partial charge on any atom is 0.121 e. The largest absolute Gasteiger partial charge is 0.312 e. The van der Waals surface area contributed by atoms with E-state index in [9.17, 15) is 0 Å². The Kier molecular flexibility index (Phi) is 5.13. The van der Waals surface area contributed by atoms with Crippen molar-refractivity contribution < 1.29 is 0 Å². The fourth-order valence-corrected chi connectivity index (χ4v) is 2.79. The molecular weight excluding hydrogens is 290 g/mol. The van der Waals surface area contributed by atoms with Gasteiger partial charge in [-0.1, -0.05) is 23.7 Å². The van der Waals surface area contributed by atoms with Crippen molar-refractivity contribution in [1.29, 1.82) is 0 Å². The SMILES string of the molecule is CC(C)(C)NCCc1nnc(Cc2ccc(Cl)cc2)s1. The van der Waals surface area contributed by atoms with E-state index < -0.39 is 0 Å². The first-order chi connectivity index (χ1) is 9.42. The van der Waals surface area contributed by atoms with Crippen LogP contribution in [0, 0.1) is 0 Å². The molecule has 0 saturated heterocycles. The van der Waals surface area contributed by atoms with E-state index in [2.05, 4.69) is 36.3 Å². The third-order valence-corrected chi connectivity index (χ3v) is 4.01. The molecule has 108 valence electrons. The first-order valence-electron chi connectivity index (χ1n) is 6.73. The predicted molar refractivity (Wildman–Crippen MR) is 85.6 cm³/mol. The summed E-state index contributed by atoms with van der Waals surface area (Å²) in [5.74, 6) is 0. The van der Waals surface area contributed by atoms with Gasteiger partial charge in [-0.2, -0.15) is 0 Å². The van der Waals surface area contributed by atoms with E-state index in [4.69, 9.17) is 11.6 Å². The molecule has 0 spiro atoms. The van der Waals surface area contributed by atoms with Crippen LogP contribution in [0.15, 0.2) is 24.3 Å². The lowest BCUT2D eigenvalue weighted by atomic mass is 10.1. The average molecular weight is 310 g/mol. The van der Waals surface area contributed by atoms with Crippen LogP contribution >= 0.6 is 22.9 Å². The molecule has 0 bridgehead atoms. The Morgan fingerprint density at radius 1 is 1.10 bits per heavy atom. The number of halogens is 1. The summed E-state index contributed by atoms with van der Waals surface area (Å²) in [5.41, 5.74) is 1.36. The minimum Gasteiger partial charge on any atom is -0.312 e. The smallest absolute Gasteiger partial charge is 0.121 e. The molecule has 0 radical (unpaired) electrons. The molecule has 1 aromatic heterocycles. The van der Waals surface area contributed by atoms with Crippen molar-refractivity contribution in [2.24, 2.45) is 0 Å². The summed E-state index contributed by atoms with van der Waals surface area (Å²) in [4.78, 5) is 0. The number of benzene rings is 1. The Bertz CT molecular complexity index is 543. The third kappa shape index (κ3) is 5.19. The van der Waals surface area contributed by atoms with Crippen molar-refractivity contribution in [2.75, 3.05) is 6.54 Å². The molecule has 1 N–H and O–H groups in total. The summed E-state index contributed by atoms with van der Waals surface area (Å²) in [6.45, 7) is 7.43.